The summed E-state index contributed by atoms with van der Waals surface area (Å²) in [6.45, 7) is 4.85. The highest BCUT2D eigenvalue weighted by molar-refractivity contribution is 5.96. The fraction of sp³-hybridized carbons (Fsp3) is 0.312. The van der Waals surface area contributed by atoms with Gasteiger partial charge in [-0.3, -0.25) is 9.59 Å². The molecule has 2 rings (SSSR count). The highest BCUT2D eigenvalue weighted by Crippen LogP contribution is 2.03. The standard InChI is InChI=1S/C16H19N3O3/c1-11(2)9-17-15(20)13-6-3-7-14(19-13)16(21)18-10-12-5-4-8-22-12/h3-8,11H,9-10H2,1-2H3,(H,17,20)(H,18,21). The van der Waals surface area contributed by atoms with Gasteiger partial charge in [-0.15, -0.1) is 0 Å². The lowest BCUT2D eigenvalue weighted by atomic mass is 10.2. The lowest BCUT2D eigenvalue weighted by Gasteiger charge is -2.08. The Hall–Kier alpha value is -2.63. The summed E-state index contributed by atoms with van der Waals surface area (Å²) in [5, 5.41) is 5.46. The van der Waals surface area contributed by atoms with Gasteiger partial charge >= 0.3 is 0 Å². The average molecular weight is 301 g/mol. The molecule has 0 saturated heterocycles. The first kappa shape index (κ1) is 15.8. The third-order valence-electron chi connectivity index (χ3n) is 2.89. The molecule has 0 fully saturated rings. The lowest BCUT2D eigenvalue weighted by molar-refractivity contribution is 0.0939. The number of carbonyl (C=O) groups is 2. The fourth-order valence-electron chi connectivity index (χ4n) is 1.75. The number of amides is 2. The first-order valence-corrected chi connectivity index (χ1v) is 7.12. The molecule has 0 saturated carbocycles. The second-order valence-electron chi connectivity index (χ2n) is 5.27. The van der Waals surface area contributed by atoms with E-state index in [9.17, 15) is 9.59 Å². The van der Waals surface area contributed by atoms with E-state index in [1.165, 1.54) is 0 Å². The molecule has 22 heavy (non-hydrogen) atoms. The number of nitrogens with one attached hydrogen (secondary N) is 2. The molecule has 2 amide bonds. The number of carbonyl (C=O) groups excluding carboxylic acids is 2. The molecule has 6 nitrogen and oxygen atoms in total. The molecule has 116 valence electrons. The van der Waals surface area contributed by atoms with E-state index in [-0.39, 0.29) is 29.7 Å². The third kappa shape index (κ3) is 4.44. The van der Waals surface area contributed by atoms with Crippen molar-refractivity contribution in [3.05, 3.63) is 53.7 Å². The Labute approximate surface area is 128 Å². The molecule has 2 heterocycles. The van der Waals surface area contributed by atoms with Crippen molar-refractivity contribution >= 4 is 11.8 Å². The van der Waals surface area contributed by atoms with Gasteiger partial charge < -0.3 is 15.1 Å². The predicted molar refractivity (Wildman–Crippen MR) is 81.3 cm³/mol. The molecule has 0 radical (unpaired) electrons. The zero-order valence-corrected chi connectivity index (χ0v) is 12.6. The minimum Gasteiger partial charge on any atom is -0.467 e. The maximum atomic E-state index is 12.0. The highest BCUT2D eigenvalue weighted by Gasteiger charge is 2.12. The summed E-state index contributed by atoms with van der Waals surface area (Å²) >= 11 is 0. The van der Waals surface area contributed by atoms with Crippen LogP contribution in [0.2, 0.25) is 0 Å². The van der Waals surface area contributed by atoms with Crippen LogP contribution in [0.15, 0.2) is 41.0 Å². The summed E-state index contributed by atoms with van der Waals surface area (Å²) in [5.74, 6) is 0.368. The van der Waals surface area contributed by atoms with Gasteiger partial charge in [0, 0.05) is 6.54 Å². The van der Waals surface area contributed by atoms with Crippen LogP contribution in [-0.4, -0.2) is 23.3 Å². The number of nitrogens with zero attached hydrogens (tertiary/aromatic N) is 1. The Morgan fingerprint density at radius 2 is 1.77 bits per heavy atom. The van der Waals surface area contributed by atoms with Crippen LogP contribution in [0.25, 0.3) is 0 Å². The van der Waals surface area contributed by atoms with Gasteiger partial charge in [-0.25, -0.2) is 4.98 Å². The smallest absolute Gasteiger partial charge is 0.270 e. The number of hydrogen-bond acceptors (Lipinski definition) is 4. The topological polar surface area (TPSA) is 84.2 Å². The van der Waals surface area contributed by atoms with Gasteiger partial charge in [0.1, 0.15) is 17.1 Å². The predicted octanol–water partition coefficient (Wildman–Crippen LogP) is 1.99. The molecule has 0 atom stereocenters. The quantitative estimate of drug-likeness (QED) is 0.854. The maximum Gasteiger partial charge on any atom is 0.270 e. The van der Waals surface area contributed by atoms with Crippen molar-refractivity contribution in [2.75, 3.05) is 6.54 Å². The zero-order valence-electron chi connectivity index (χ0n) is 12.6. The number of pyridine rings is 1. The summed E-state index contributed by atoms with van der Waals surface area (Å²) in [6.07, 6.45) is 1.54. The van der Waals surface area contributed by atoms with E-state index < -0.39 is 0 Å². The lowest BCUT2D eigenvalue weighted by Crippen LogP contribution is -2.29. The van der Waals surface area contributed by atoms with Crippen LogP contribution in [0.1, 0.15) is 40.6 Å². The van der Waals surface area contributed by atoms with Crippen LogP contribution in [0.5, 0.6) is 0 Å². The van der Waals surface area contributed by atoms with Crippen LogP contribution < -0.4 is 10.6 Å². The minimum atomic E-state index is -0.352. The van der Waals surface area contributed by atoms with Crippen molar-refractivity contribution in [3.8, 4) is 0 Å². The second-order valence-corrected chi connectivity index (χ2v) is 5.27. The van der Waals surface area contributed by atoms with Crippen LogP contribution in [0, 0.1) is 5.92 Å². The van der Waals surface area contributed by atoms with Gasteiger partial charge in [0.25, 0.3) is 11.8 Å². The van der Waals surface area contributed by atoms with Crippen LogP contribution in [-0.2, 0) is 6.54 Å². The molecule has 0 aliphatic heterocycles. The van der Waals surface area contributed by atoms with E-state index in [1.807, 2.05) is 13.8 Å². The molecule has 0 aromatic carbocycles. The van der Waals surface area contributed by atoms with Crippen LogP contribution in [0.3, 0.4) is 0 Å². The van der Waals surface area contributed by atoms with Gasteiger partial charge in [-0.2, -0.15) is 0 Å². The molecular formula is C16H19N3O3. The third-order valence-corrected chi connectivity index (χ3v) is 2.89. The van der Waals surface area contributed by atoms with E-state index in [4.69, 9.17) is 4.42 Å². The number of hydrogen-bond donors (Lipinski definition) is 2. The van der Waals surface area contributed by atoms with Crippen molar-refractivity contribution in [2.45, 2.75) is 20.4 Å². The Balaban J connectivity index is 1.97. The largest absolute Gasteiger partial charge is 0.467 e. The molecule has 6 heteroatoms. The number of aromatic nitrogens is 1. The van der Waals surface area contributed by atoms with Gasteiger partial charge in [-0.05, 0) is 30.2 Å². The summed E-state index contributed by atoms with van der Waals surface area (Å²) in [6, 6.07) is 8.30. The first-order valence-electron chi connectivity index (χ1n) is 7.12. The second kappa shape index (κ2) is 7.40. The van der Waals surface area contributed by atoms with Gasteiger partial charge in [0.2, 0.25) is 0 Å². The molecule has 0 aliphatic carbocycles. The van der Waals surface area contributed by atoms with Gasteiger partial charge in [0.15, 0.2) is 0 Å². The van der Waals surface area contributed by atoms with Crippen LogP contribution >= 0.6 is 0 Å². The molecular weight excluding hydrogens is 282 g/mol. The highest BCUT2D eigenvalue weighted by atomic mass is 16.3. The van der Waals surface area contributed by atoms with Crippen molar-refractivity contribution < 1.29 is 14.0 Å². The summed E-state index contributed by atoms with van der Waals surface area (Å²) in [7, 11) is 0. The molecule has 0 unspecified atom stereocenters. The zero-order chi connectivity index (χ0) is 15.9. The van der Waals surface area contributed by atoms with E-state index in [0.717, 1.165) is 0 Å². The maximum absolute atomic E-state index is 12.0. The van der Waals surface area contributed by atoms with Crippen molar-refractivity contribution in [3.63, 3.8) is 0 Å². The van der Waals surface area contributed by atoms with Crippen molar-refractivity contribution in [1.29, 1.82) is 0 Å². The van der Waals surface area contributed by atoms with E-state index >= 15 is 0 Å². The number of rotatable bonds is 6. The Morgan fingerprint density at radius 3 is 2.36 bits per heavy atom. The Kier molecular flexibility index (Phi) is 5.30. The van der Waals surface area contributed by atoms with E-state index in [1.54, 1.807) is 36.6 Å². The number of furan rings is 1. The molecule has 0 aliphatic rings. The summed E-state index contributed by atoms with van der Waals surface area (Å²) < 4.78 is 5.14. The fourth-order valence-corrected chi connectivity index (χ4v) is 1.75. The summed E-state index contributed by atoms with van der Waals surface area (Å²) in [4.78, 5) is 28.1. The van der Waals surface area contributed by atoms with Crippen LogP contribution in [0.4, 0.5) is 0 Å². The normalized spacial score (nSPS) is 10.5. The van der Waals surface area contributed by atoms with E-state index in [2.05, 4.69) is 15.6 Å². The molecule has 0 bridgehead atoms. The average Bonchev–Trinajstić information content (AvgIpc) is 3.03. The molecule has 0 spiro atoms. The van der Waals surface area contributed by atoms with Crippen molar-refractivity contribution in [2.24, 2.45) is 5.92 Å². The Morgan fingerprint density at radius 1 is 1.09 bits per heavy atom. The Bertz CT molecular complexity index is 636. The summed E-state index contributed by atoms with van der Waals surface area (Å²) in [5.41, 5.74) is 0.426. The van der Waals surface area contributed by atoms with E-state index in [0.29, 0.717) is 18.2 Å². The van der Waals surface area contributed by atoms with Gasteiger partial charge in [0.05, 0.1) is 12.8 Å². The molecule has 2 aromatic rings. The minimum absolute atomic E-state index is 0.198. The van der Waals surface area contributed by atoms with Gasteiger partial charge in [-0.1, -0.05) is 19.9 Å². The van der Waals surface area contributed by atoms with Crippen molar-refractivity contribution in [1.82, 2.24) is 15.6 Å². The molecule has 2 aromatic heterocycles. The SMILES string of the molecule is CC(C)CNC(=O)c1cccc(C(=O)NCc2ccco2)n1. The first-order chi connectivity index (χ1) is 10.6. The molecule has 2 N–H and O–H groups in total. The monoisotopic (exact) mass is 301 g/mol.